The van der Waals surface area contributed by atoms with Crippen LogP contribution in [0.15, 0.2) is 0 Å². The molecule has 4 amide bonds. The zero-order valence-corrected chi connectivity index (χ0v) is 20.9. The SMILES string of the molecule is BC(=O)[C@H](CCCNC(N)=O)NC(=O)C(NC(=O)CCC(C)(C)OCCC(C)C)C(C)C. The lowest BCUT2D eigenvalue weighted by molar-refractivity contribution is -0.132. The molecule has 0 heterocycles. The number of hydrogen-bond acceptors (Lipinski definition) is 5. The summed E-state index contributed by atoms with van der Waals surface area (Å²) in [5, 5.41) is 7.98. The number of hydrogen-bond donors (Lipinski definition) is 4. The topological polar surface area (TPSA) is 140 Å². The summed E-state index contributed by atoms with van der Waals surface area (Å²) in [5.74, 6) is -0.232. The monoisotopic (exact) mass is 454 g/mol. The highest BCUT2D eigenvalue weighted by atomic mass is 16.5. The van der Waals surface area contributed by atoms with Crippen LogP contribution in [0.2, 0.25) is 0 Å². The number of ether oxygens (including phenoxy) is 1. The molecule has 0 aromatic heterocycles. The van der Waals surface area contributed by atoms with Crippen LogP contribution in [-0.2, 0) is 19.1 Å². The molecule has 2 atom stereocenters. The van der Waals surface area contributed by atoms with Crippen LogP contribution in [0, 0.1) is 11.8 Å². The molecule has 0 aliphatic heterocycles. The zero-order valence-electron chi connectivity index (χ0n) is 20.9. The van der Waals surface area contributed by atoms with E-state index in [1.807, 2.05) is 27.7 Å². The zero-order chi connectivity index (χ0) is 24.9. The molecule has 0 aliphatic carbocycles. The van der Waals surface area contributed by atoms with Gasteiger partial charge in [0.05, 0.1) is 11.6 Å². The molecule has 0 rings (SSSR count). The van der Waals surface area contributed by atoms with E-state index in [9.17, 15) is 19.2 Å². The van der Waals surface area contributed by atoms with Crippen molar-refractivity contribution in [2.75, 3.05) is 13.2 Å². The number of urea groups is 1. The number of amides is 4. The van der Waals surface area contributed by atoms with Crippen LogP contribution in [0.4, 0.5) is 4.79 Å². The fourth-order valence-corrected chi connectivity index (χ4v) is 2.99. The van der Waals surface area contributed by atoms with Crippen molar-refractivity contribution in [3.8, 4) is 0 Å². The summed E-state index contributed by atoms with van der Waals surface area (Å²) < 4.78 is 5.90. The molecule has 9 nitrogen and oxygen atoms in total. The minimum absolute atomic E-state index is 0.154. The summed E-state index contributed by atoms with van der Waals surface area (Å²) in [6.45, 7) is 12.8. The lowest BCUT2D eigenvalue weighted by Gasteiger charge is -2.27. The molecule has 1 unspecified atom stereocenters. The van der Waals surface area contributed by atoms with Gasteiger partial charge in [0.1, 0.15) is 11.7 Å². The van der Waals surface area contributed by atoms with Crippen LogP contribution >= 0.6 is 0 Å². The van der Waals surface area contributed by atoms with E-state index in [0.717, 1.165) is 6.42 Å². The standard InChI is InChI=1S/C22H43BN4O5/c1-14(2)10-13-32-22(5,6)11-9-17(28)27-18(15(3)4)20(30)26-16(19(23)29)8-7-12-25-21(24)31/h14-16,18H,7-13,23H2,1-6H3,(H,26,30)(H,27,28)(H3,24,25,31)/t16-,18?/m0/s1. The van der Waals surface area contributed by atoms with E-state index in [0.29, 0.717) is 38.3 Å². The van der Waals surface area contributed by atoms with Gasteiger partial charge in [0.15, 0.2) is 7.85 Å². The van der Waals surface area contributed by atoms with E-state index in [1.54, 1.807) is 0 Å². The molecule has 0 spiro atoms. The predicted molar refractivity (Wildman–Crippen MR) is 128 cm³/mol. The maximum atomic E-state index is 12.8. The van der Waals surface area contributed by atoms with Gasteiger partial charge >= 0.3 is 6.03 Å². The van der Waals surface area contributed by atoms with Crippen LogP contribution in [0.5, 0.6) is 0 Å². The Kier molecular flexibility index (Phi) is 13.9. The van der Waals surface area contributed by atoms with Crippen molar-refractivity contribution in [3.05, 3.63) is 0 Å². The highest BCUT2D eigenvalue weighted by Gasteiger charge is 2.28. The minimum atomic E-state index is -0.752. The minimum Gasteiger partial charge on any atom is -0.376 e. The second-order valence-electron chi connectivity index (χ2n) is 9.68. The third-order valence-electron chi connectivity index (χ3n) is 5.18. The van der Waals surface area contributed by atoms with Gasteiger partial charge in [-0.1, -0.05) is 27.7 Å². The van der Waals surface area contributed by atoms with E-state index in [2.05, 4.69) is 29.8 Å². The Hall–Kier alpha value is -2.10. The van der Waals surface area contributed by atoms with Crippen LogP contribution in [-0.4, -0.2) is 62.2 Å². The first-order valence-electron chi connectivity index (χ1n) is 11.5. The number of nitrogens with two attached hydrogens (primary N) is 1. The fourth-order valence-electron chi connectivity index (χ4n) is 2.99. The summed E-state index contributed by atoms with van der Waals surface area (Å²) in [6.07, 6.45) is 2.58. The van der Waals surface area contributed by atoms with Gasteiger partial charge in [0, 0.05) is 19.6 Å². The molecule has 5 N–H and O–H groups in total. The third-order valence-corrected chi connectivity index (χ3v) is 5.18. The number of rotatable bonds is 16. The first-order valence-corrected chi connectivity index (χ1v) is 11.5. The lowest BCUT2D eigenvalue weighted by Crippen LogP contribution is -2.54. The first kappa shape index (κ1) is 29.9. The lowest BCUT2D eigenvalue weighted by atomic mass is 9.91. The van der Waals surface area contributed by atoms with Gasteiger partial charge in [-0.15, -0.1) is 0 Å². The van der Waals surface area contributed by atoms with E-state index in [-0.39, 0.29) is 23.9 Å². The Balaban J connectivity index is 4.75. The second-order valence-corrected chi connectivity index (χ2v) is 9.68. The van der Waals surface area contributed by atoms with Crippen molar-refractivity contribution in [1.82, 2.24) is 16.0 Å². The van der Waals surface area contributed by atoms with Gasteiger partial charge in [-0.3, -0.25) is 9.59 Å². The molecule has 32 heavy (non-hydrogen) atoms. The van der Waals surface area contributed by atoms with Gasteiger partial charge < -0.3 is 31.2 Å². The van der Waals surface area contributed by atoms with E-state index in [4.69, 9.17) is 10.5 Å². The van der Waals surface area contributed by atoms with Crippen molar-refractivity contribution >= 4 is 31.4 Å². The summed E-state index contributed by atoms with van der Waals surface area (Å²) in [4.78, 5) is 48.0. The molecule has 10 heteroatoms. The Morgan fingerprint density at radius 1 is 1.03 bits per heavy atom. The van der Waals surface area contributed by atoms with Crippen LogP contribution in [0.3, 0.4) is 0 Å². The van der Waals surface area contributed by atoms with E-state index in [1.165, 1.54) is 7.85 Å². The van der Waals surface area contributed by atoms with Crippen LogP contribution in [0.25, 0.3) is 0 Å². The summed E-state index contributed by atoms with van der Waals surface area (Å²) in [6, 6.07) is -2.08. The van der Waals surface area contributed by atoms with Gasteiger partial charge in [-0.2, -0.15) is 0 Å². The number of carbonyl (C=O) groups is 4. The molecule has 0 aliphatic rings. The van der Waals surface area contributed by atoms with Gasteiger partial charge in [0.25, 0.3) is 0 Å². The van der Waals surface area contributed by atoms with Gasteiger partial charge in [-0.25, -0.2) is 4.79 Å². The quantitative estimate of drug-likeness (QED) is 0.202. The van der Waals surface area contributed by atoms with Gasteiger partial charge in [-0.05, 0) is 51.4 Å². The summed E-state index contributed by atoms with van der Waals surface area (Å²) in [7, 11) is 1.40. The molecule has 0 saturated heterocycles. The Morgan fingerprint density at radius 2 is 1.66 bits per heavy atom. The predicted octanol–water partition coefficient (Wildman–Crippen LogP) is 0.842. The smallest absolute Gasteiger partial charge is 0.312 e. The maximum absolute atomic E-state index is 12.8. The highest BCUT2D eigenvalue weighted by molar-refractivity contribution is 6.59. The van der Waals surface area contributed by atoms with Crippen molar-refractivity contribution in [2.24, 2.45) is 17.6 Å². The maximum Gasteiger partial charge on any atom is 0.312 e. The summed E-state index contributed by atoms with van der Waals surface area (Å²) >= 11 is 0. The van der Waals surface area contributed by atoms with Gasteiger partial charge in [0.2, 0.25) is 11.8 Å². The fraction of sp³-hybridized carbons (Fsp3) is 0.818. The molecular formula is C22H43BN4O5. The third kappa shape index (κ3) is 14.1. The molecule has 0 radical (unpaired) electrons. The molecular weight excluding hydrogens is 411 g/mol. The molecule has 0 bridgehead atoms. The average molecular weight is 454 g/mol. The Morgan fingerprint density at radius 3 is 2.16 bits per heavy atom. The number of primary amides is 1. The van der Waals surface area contributed by atoms with Crippen molar-refractivity contribution in [2.45, 2.75) is 91.3 Å². The number of nitrogens with one attached hydrogen (secondary N) is 3. The van der Waals surface area contributed by atoms with Crippen molar-refractivity contribution in [3.63, 3.8) is 0 Å². The molecule has 0 aromatic rings. The molecule has 0 fully saturated rings. The van der Waals surface area contributed by atoms with Crippen LogP contribution < -0.4 is 21.7 Å². The molecule has 0 saturated carbocycles. The van der Waals surface area contributed by atoms with E-state index < -0.39 is 29.6 Å². The summed E-state index contributed by atoms with van der Waals surface area (Å²) in [5.41, 5.74) is 4.40. The first-order chi connectivity index (χ1) is 14.7. The normalized spacial score (nSPS) is 13.5. The highest BCUT2D eigenvalue weighted by Crippen LogP contribution is 2.18. The Labute approximate surface area is 193 Å². The van der Waals surface area contributed by atoms with Crippen LogP contribution in [0.1, 0.15) is 73.6 Å². The Bertz CT molecular complexity index is 625. The second kappa shape index (κ2) is 14.9. The molecule has 0 aromatic carbocycles. The number of carbonyl (C=O) groups excluding carboxylic acids is 4. The largest absolute Gasteiger partial charge is 0.376 e. The molecule has 184 valence electrons. The van der Waals surface area contributed by atoms with Crippen molar-refractivity contribution in [1.29, 1.82) is 0 Å². The average Bonchev–Trinajstić information content (AvgIpc) is 2.65. The van der Waals surface area contributed by atoms with Crippen molar-refractivity contribution < 1.29 is 23.9 Å². The van der Waals surface area contributed by atoms with E-state index >= 15 is 0 Å².